The molecule has 2 heterocycles. The van der Waals surface area contributed by atoms with Gasteiger partial charge in [-0.2, -0.15) is 4.31 Å². The van der Waals surface area contributed by atoms with Gasteiger partial charge in [0, 0.05) is 44.3 Å². The van der Waals surface area contributed by atoms with E-state index in [0.29, 0.717) is 18.8 Å². The van der Waals surface area contributed by atoms with Gasteiger partial charge in [-0.15, -0.1) is 0 Å². The van der Waals surface area contributed by atoms with E-state index in [1.165, 1.54) is 29.0 Å². The van der Waals surface area contributed by atoms with Gasteiger partial charge < -0.3 is 10.2 Å². The molecule has 2 aromatic rings. The fraction of sp³-hybridized carbons (Fsp3) is 0.353. The van der Waals surface area contributed by atoms with E-state index in [-0.39, 0.29) is 10.6 Å². The van der Waals surface area contributed by atoms with Crippen LogP contribution in [-0.4, -0.2) is 66.2 Å². The van der Waals surface area contributed by atoms with E-state index in [1.807, 2.05) is 0 Å². The highest BCUT2D eigenvalue weighted by Crippen LogP contribution is 2.21. The molecule has 0 saturated carbocycles. The number of hydrogen-bond donors (Lipinski definition) is 1. The van der Waals surface area contributed by atoms with Crippen molar-refractivity contribution >= 4 is 21.6 Å². The molecule has 1 fully saturated rings. The molecule has 1 amide bonds. The molecule has 1 aliphatic heterocycles. The van der Waals surface area contributed by atoms with Gasteiger partial charge in [-0.25, -0.2) is 13.4 Å². The zero-order chi connectivity index (χ0) is 18.6. The van der Waals surface area contributed by atoms with Crippen molar-refractivity contribution in [2.24, 2.45) is 0 Å². The lowest BCUT2D eigenvalue weighted by atomic mass is 10.3. The Hall–Kier alpha value is -2.36. The Balaban J connectivity index is 1.75. The predicted molar refractivity (Wildman–Crippen MR) is 97.3 cm³/mol. The van der Waals surface area contributed by atoms with Gasteiger partial charge in [0.1, 0.15) is 5.69 Å². The zero-order valence-corrected chi connectivity index (χ0v) is 15.3. The maximum atomic E-state index is 12.9. The quantitative estimate of drug-likeness (QED) is 0.839. The average Bonchev–Trinajstić information content (AvgIpc) is 2.69. The van der Waals surface area contributed by atoms with Crippen molar-refractivity contribution in [2.75, 3.05) is 38.0 Å². The van der Waals surface area contributed by atoms with Crippen LogP contribution in [0.15, 0.2) is 47.8 Å². The van der Waals surface area contributed by atoms with Crippen LogP contribution in [0.5, 0.6) is 0 Å². The Kier molecular flexibility index (Phi) is 5.60. The van der Waals surface area contributed by atoms with Crippen molar-refractivity contribution in [3.05, 3.63) is 48.5 Å². The van der Waals surface area contributed by atoms with Crippen LogP contribution in [0.1, 0.15) is 17.4 Å². The Morgan fingerprint density at radius 3 is 2.62 bits per heavy atom. The molecule has 1 aliphatic rings. The summed E-state index contributed by atoms with van der Waals surface area (Å²) in [7, 11) is -3.59. The lowest BCUT2D eigenvalue weighted by Crippen LogP contribution is -2.48. The third kappa shape index (κ3) is 4.06. The summed E-state index contributed by atoms with van der Waals surface area (Å²) in [6.45, 7) is 5.35. The van der Waals surface area contributed by atoms with Crippen LogP contribution in [0.2, 0.25) is 0 Å². The molecule has 8 nitrogen and oxygen atoms in total. The van der Waals surface area contributed by atoms with Crippen molar-refractivity contribution in [1.29, 1.82) is 0 Å². The smallest absolute Gasteiger partial charge is 0.275 e. The molecular weight excluding hydrogens is 354 g/mol. The van der Waals surface area contributed by atoms with Gasteiger partial charge in [0.15, 0.2) is 0 Å². The number of nitrogens with zero attached hydrogens (tertiary/aromatic N) is 4. The first-order chi connectivity index (χ1) is 12.5. The van der Waals surface area contributed by atoms with Crippen LogP contribution in [0.3, 0.4) is 0 Å². The highest BCUT2D eigenvalue weighted by Gasteiger charge is 2.28. The number of benzene rings is 1. The molecule has 1 aromatic carbocycles. The maximum absolute atomic E-state index is 12.9. The van der Waals surface area contributed by atoms with E-state index in [9.17, 15) is 13.2 Å². The monoisotopic (exact) mass is 375 g/mol. The van der Waals surface area contributed by atoms with Crippen LogP contribution in [0.25, 0.3) is 0 Å². The summed E-state index contributed by atoms with van der Waals surface area (Å²) in [5.74, 6) is -0.441. The van der Waals surface area contributed by atoms with Crippen LogP contribution in [-0.2, 0) is 10.0 Å². The summed E-state index contributed by atoms with van der Waals surface area (Å²) in [5.41, 5.74) is 0.561. The Labute approximate surface area is 152 Å². The summed E-state index contributed by atoms with van der Waals surface area (Å²) in [4.78, 5) is 22.3. The van der Waals surface area contributed by atoms with Crippen LogP contribution in [0.4, 0.5) is 5.69 Å². The van der Waals surface area contributed by atoms with Crippen LogP contribution < -0.4 is 5.32 Å². The van der Waals surface area contributed by atoms with Crippen molar-refractivity contribution in [1.82, 2.24) is 19.2 Å². The van der Waals surface area contributed by atoms with E-state index in [0.717, 1.165) is 19.6 Å². The molecule has 0 radical (unpaired) electrons. The Morgan fingerprint density at radius 1 is 1.19 bits per heavy atom. The Bertz CT molecular complexity index is 865. The molecule has 0 spiro atoms. The minimum atomic E-state index is -3.59. The second-order valence-electron chi connectivity index (χ2n) is 5.91. The molecule has 0 atom stereocenters. The van der Waals surface area contributed by atoms with E-state index in [4.69, 9.17) is 0 Å². The third-order valence-corrected chi connectivity index (χ3v) is 6.20. The fourth-order valence-electron chi connectivity index (χ4n) is 2.78. The minimum absolute atomic E-state index is 0.163. The summed E-state index contributed by atoms with van der Waals surface area (Å²) in [5, 5.41) is 2.66. The minimum Gasteiger partial charge on any atom is -0.321 e. The Morgan fingerprint density at radius 2 is 1.96 bits per heavy atom. The first-order valence-electron chi connectivity index (χ1n) is 8.40. The molecule has 138 valence electrons. The van der Waals surface area contributed by atoms with Gasteiger partial charge in [0.05, 0.1) is 11.1 Å². The highest BCUT2D eigenvalue weighted by molar-refractivity contribution is 7.89. The molecule has 0 bridgehead atoms. The van der Waals surface area contributed by atoms with Gasteiger partial charge in [0.2, 0.25) is 10.0 Å². The first kappa shape index (κ1) is 18.4. The average molecular weight is 375 g/mol. The summed E-state index contributed by atoms with van der Waals surface area (Å²) < 4.78 is 27.2. The van der Waals surface area contributed by atoms with Gasteiger partial charge in [-0.3, -0.25) is 9.78 Å². The lowest BCUT2D eigenvalue weighted by Gasteiger charge is -2.33. The number of aromatic nitrogens is 2. The molecule has 1 aromatic heterocycles. The van der Waals surface area contributed by atoms with Crippen LogP contribution >= 0.6 is 0 Å². The van der Waals surface area contributed by atoms with Crippen molar-refractivity contribution < 1.29 is 13.2 Å². The third-order valence-electron chi connectivity index (χ3n) is 4.30. The number of hydrogen-bond acceptors (Lipinski definition) is 6. The number of sulfonamides is 1. The molecule has 26 heavy (non-hydrogen) atoms. The largest absolute Gasteiger partial charge is 0.321 e. The van der Waals surface area contributed by atoms with Crippen molar-refractivity contribution in [2.45, 2.75) is 11.8 Å². The molecule has 1 saturated heterocycles. The second-order valence-corrected chi connectivity index (χ2v) is 7.85. The fourth-order valence-corrected chi connectivity index (χ4v) is 4.25. The molecular formula is C17H21N5O3S. The van der Waals surface area contributed by atoms with E-state index >= 15 is 0 Å². The van der Waals surface area contributed by atoms with Gasteiger partial charge in [-0.05, 0) is 24.7 Å². The predicted octanol–water partition coefficient (Wildman–Crippen LogP) is 1.06. The van der Waals surface area contributed by atoms with Gasteiger partial charge in [-0.1, -0.05) is 13.0 Å². The number of rotatable bonds is 5. The normalized spacial score (nSPS) is 16.3. The summed E-state index contributed by atoms with van der Waals surface area (Å²) in [6, 6.07) is 6.26. The van der Waals surface area contributed by atoms with Gasteiger partial charge in [0.25, 0.3) is 5.91 Å². The summed E-state index contributed by atoms with van der Waals surface area (Å²) >= 11 is 0. The standard InChI is InChI=1S/C17H21N5O3S/c1-2-21-8-10-22(11-9-21)26(24,25)15-5-3-4-14(12-15)20-17(23)16-13-18-6-7-19-16/h3-7,12-13H,2,8-11H2,1H3,(H,20,23). The van der Waals surface area contributed by atoms with Gasteiger partial charge >= 0.3 is 0 Å². The zero-order valence-electron chi connectivity index (χ0n) is 14.5. The second kappa shape index (κ2) is 7.90. The number of anilines is 1. The molecule has 9 heteroatoms. The highest BCUT2D eigenvalue weighted by atomic mass is 32.2. The number of amides is 1. The summed E-state index contributed by atoms with van der Waals surface area (Å²) in [6.07, 6.45) is 4.25. The topological polar surface area (TPSA) is 95.5 Å². The SMILES string of the molecule is CCN1CCN(S(=O)(=O)c2cccc(NC(=O)c3cnccn3)c2)CC1. The lowest BCUT2D eigenvalue weighted by molar-refractivity contribution is 0.102. The van der Waals surface area contributed by atoms with E-state index in [1.54, 1.807) is 18.2 Å². The number of carbonyl (C=O) groups excluding carboxylic acids is 1. The number of likely N-dealkylation sites (N-methyl/N-ethyl adjacent to an activating group) is 1. The number of nitrogens with one attached hydrogen (secondary N) is 1. The molecule has 3 rings (SSSR count). The molecule has 0 aliphatic carbocycles. The first-order valence-corrected chi connectivity index (χ1v) is 9.84. The number of carbonyl (C=O) groups is 1. The van der Waals surface area contributed by atoms with E-state index in [2.05, 4.69) is 27.1 Å². The molecule has 0 unspecified atom stereocenters. The molecule has 1 N–H and O–H groups in total. The van der Waals surface area contributed by atoms with Crippen LogP contribution in [0, 0.1) is 0 Å². The van der Waals surface area contributed by atoms with Crippen molar-refractivity contribution in [3.8, 4) is 0 Å². The van der Waals surface area contributed by atoms with E-state index < -0.39 is 15.9 Å². The maximum Gasteiger partial charge on any atom is 0.275 e. The van der Waals surface area contributed by atoms with Crippen molar-refractivity contribution in [3.63, 3.8) is 0 Å². The number of piperazine rings is 1.